The second-order valence-corrected chi connectivity index (χ2v) is 18.6. The zero-order valence-electron chi connectivity index (χ0n) is 28.6. The molecule has 1 unspecified atom stereocenters. The highest BCUT2D eigenvalue weighted by Crippen LogP contribution is 2.47. The molecule has 5 aromatic rings. The van der Waals surface area contributed by atoms with Crippen molar-refractivity contribution in [3.8, 4) is 24.9 Å². The first-order valence-electron chi connectivity index (χ1n) is 16.7. The number of sulfone groups is 2. The lowest BCUT2D eigenvalue weighted by Crippen LogP contribution is -2.29. The fraction of sp³-hybridized carbons (Fsp3) is 0.0930. The number of fused-ring (bicyclic) bond motifs is 2. The standard InChI is InChI=1S/C43H33N2O4S4/c1-4-44-38-29-36(52(46,47)34-16-8-6-9-17-34)22-24-40(38)50-42(44)20-12-14-32-26-31(3)27-33(28-32)15-13-21-43-45(5-2)39-30-37(23-25-41(39)51-43)53(48,49)35-18-10-7-11-19-35/h1-2,6-25,28-31H,26-27H2,3H3/q+1. The van der Waals surface area contributed by atoms with E-state index in [0.29, 0.717) is 17.1 Å². The number of terminal acetylenes is 2. The largest absolute Gasteiger partial charge is 0.278 e. The lowest BCUT2D eigenvalue weighted by Gasteiger charge is -2.19. The molecule has 1 aliphatic heterocycles. The van der Waals surface area contributed by atoms with Crippen molar-refractivity contribution in [1.82, 2.24) is 0 Å². The molecule has 0 amide bonds. The predicted octanol–water partition coefficient (Wildman–Crippen LogP) is 9.19. The van der Waals surface area contributed by atoms with E-state index in [-0.39, 0.29) is 19.6 Å². The van der Waals surface area contributed by atoms with E-state index in [9.17, 15) is 16.8 Å². The summed E-state index contributed by atoms with van der Waals surface area (Å²) >= 11 is 3.00. The van der Waals surface area contributed by atoms with Crippen LogP contribution in [-0.2, 0) is 19.7 Å². The Morgan fingerprint density at radius 2 is 1.42 bits per heavy atom. The minimum atomic E-state index is -3.68. The van der Waals surface area contributed by atoms with Crippen LogP contribution in [0.15, 0.2) is 174 Å². The van der Waals surface area contributed by atoms with Gasteiger partial charge >= 0.3 is 0 Å². The Hall–Kier alpha value is -5.36. The van der Waals surface area contributed by atoms with E-state index in [4.69, 9.17) is 12.8 Å². The van der Waals surface area contributed by atoms with Crippen LogP contribution in [0.1, 0.15) is 24.8 Å². The fourth-order valence-corrected chi connectivity index (χ4v) is 10.9. The Balaban J connectivity index is 1.09. The Morgan fingerprint density at radius 3 is 2.08 bits per heavy atom. The second-order valence-electron chi connectivity index (χ2n) is 12.6. The SMILES string of the molecule is C#CN1/C(=C/C=C/C2=CC(=C/C=C/c3sc4ccc(S(=O)(=O)c5ccccc5)cc4[n+]3C#C)/CC(C)C2)Sc2ccc(S(=O)(=O)c3ccccc3)cc21. The molecule has 0 spiro atoms. The molecule has 2 heterocycles. The topological polar surface area (TPSA) is 75.4 Å². The Labute approximate surface area is 319 Å². The highest BCUT2D eigenvalue weighted by Gasteiger charge is 2.28. The zero-order valence-corrected chi connectivity index (χ0v) is 31.9. The number of thiazole rings is 1. The van der Waals surface area contributed by atoms with Crippen molar-refractivity contribution in [2.75, 3.05) is 4.90 Å². The van der Waals surface area contributed by atoms with Crippen LogP contribution in [0.25, 0.3) is 16.3 Å². The summed E-state index contributed by atoms with van der Waals surface area (Å²) < 4.78 is 55.6. The number of thioether (sulfide) groups is 1. The van der Waals surface area contributed by atoms with Crippen molar-refractivity contribution in [3.05, 3.63) is 155 Å². The summed E-state index contributed by atoms with van der Waals surface area (Å²) in [4.78, 5) is 3.43. The number of hydrogen-bond donors (Lipinski definition) is 0. The molecule has 0 saturated heterocycles. The Morgan fingerprint density at radius 1 is 0.774 bits per heavy atom. The van der Waals surface area contributed by atoms with Gasteiger partial charge in [-0.1, -0.05) is 108 Å². The van der Waals surface area contributed by atoms with E-state index in [1.54, 1.807) is 107 Å². The van der Waals surface area contributed by atoms with E-state index in [1.165, 1.54) is 34.2 Å². The van der Waals surface area contributed by atoms with Gasteiger partial charge in [0.05, 0.1) is 30.3 Å². The first-order chi connectivity index (χ1) is 25.6. The summed E-state index contributed by atoms with van der Waals surface area (Å²) in [6.07, 6.45) is 27.9. The fourth-order valence-electron chi connectivity index (χ4n) is 6.33. The van der Waals surface area contributed by atoms with E-state index >= 15 is 0 Å². The van der Waals surface area contributed by atoms with E-state index in [2.05, 4.69) is 37.2 Å². The lowest BCUT2D eigenvalue weighted by atomic mass is 9.86. The molecule has 1 aromatic heterocycles. The molecule has 0 fully saturated rings. The van der Waals surface area contributed by atoms with E-state index in [0.717, 1.165) is 32.5 Å². The molecule has 1 atom stereocenters. The quantitative estimate of drug-likeness (QED) is 0.116. The molecule has 7 rings (SSSR count). The monoisotopic (exact) mass is 769 g/mol. The van der Waals surface area contributed by atoms with Crippen LogP contribution in [0.3, 0.4) is 0 Å². The Kier molecular flexibility index (Phi) is 10.2. The van der Waals surface area contributed by atoms with Gasteiger partial charge in [0.25, 0.3) is 5.01 Å². The van der Waals surface area contributed by atoms with Crippen LogP contribution in [-0.4, -0.2) is 16.8 Å². The summed E-state index contributed by atoms with van der Waals surface area (Å²) in [6.45, 7) is 2.22. The van der Waals surface area contributed by atoms with Crippen molar-refractivity contribution in [2.45, 2.75) is 44.2 Å². The molecule has 1 aliphatic carbocycles. The number of allylic oxidation sites excluding steroid dienone is 8. The van der Waals surface area contributed by atoms with Crippen LogP contribution in [0, 0.1) is 30.9 Å². The highest BCUT2D eigenvalue weighted by atomic mass is 32.2. The van der Waals surface area contributed by atoms with Gasteiger partial charge in [0, 0.05) is 23.1 Å². The van der Waals surface area contributed by atoms with Crippen LogP contribution in [0.4, 0.5) is 5.69 Å². The van der Waals surface area contributed by atoms with E-state index < -0.39 is 19.7 Å². The number of benzene rings is 4. The predicted molar refractivity (Wildman–Crippen MR) is 214 cm³/mol. The summed E-state index contributed by atoms with van der Waals surface area (Å²) in [5, 5.41) is 1.62. The van der Waals surface area contributed by atoms with Gasteiger partial charge in [0.1, 0.15) is 4.70 Å². The first-order valence-corrected chi connectivity index (χ1v) is 21.3. The van der Waals surface area contributed by atoms with E-state index in [1.807, 2.05) is 24.3 Å². The molecule has 0 bridgehead atoms. The van der Waals surface area contributed by atoms with Gasteiger partial charge in [-0.2, -0.15) is 0 Å². The van der Waals surface area contributed by atoms with Gasteiger partial charge in [-0.05, 0) is 97.0 Å². The van der Waals surface area contributed by atoms with Gasteiger partial charge in [0.2, 0.25) is 31.2 Å². The molecule has 6 nitrogen and oxygen atoms in total. The molecule has 262 valence electrons. The zero-order chi connectivity index (χ0) is 37.2. The minimum absolute atomic E-state index is 0.194. The third-order valence-corrected chi connectivity index (χ3v) is 14.6. The number of nitrogens with zero attached hydrogens (tertiary/aromatic N) is 2. The average molecular weight is 770 g/mol. The molecular weight excluding hydrogens is 737 g/mol. The summed E-state index contributed by atoms with van der Waals surface area (Å²) in [5.41, 5.74) is 3.69. The molecule has 0 radical (unpaired) electrons. The van der Waals surface area contributed by atoms with Crippen molar-refractivity contribution in [2.24, 2.45) is 5.92 Å². The van der Waals surface area contributed by atoms with Gasteiger partial charge in [-0.3, -0.25) is 4.90 Å². The molecular formula is C43H33N2O4S4+. The maximum Gasteiger partial charge on any atom is 0.278 e. The van der Waals surface area contributed by atoms with Crippen molar-refractivity contribution in [3.63, 3.8) is 0 Å². The van der Waals surface area contributed by atoms with Crippen LogP contribution in [0.2, 0.25) is 0 Å². The van der Waals surface area contributed by atoms with Crippen molar-refractivity contribution in [1.29, 1.82) is 0 Å². The van der Waals surface area contributed by atoms with Crippen LogP contribution < -0.4 is 9.47 Å². The maximum atomic E-state index is 13.3. The normalized spacial score (nSPS) is 17.8. The summed E-state index contributed by atoms with van der Waals surface area (Å²) in [7, 11) is -7.37. The summed E-state index contributed by atoms with van der Waals surface area (Å²) in [5.74, 6) is 0.439. The van der Waals surface area contributed by atoms with Crippen LogP contribution in [0.5, 0.6) is 0 Å². The van der Waals surface area contributed by atoms with Gasteiger partial charge in [-0.15, -0.1) is 0 Å². The lowest BCUT2D eigenvalue weighted by molar-refractivity contribution is -0.551. The third kappa shape index (κ3) is 7.33. The van der Waals surface area contributed by atoms with Crippen molar-refractivity contribution < 1.29 is 21.4 Å². The molecule has 53 heavy (non-hydrogen) atoms. The first kappa shape index (κ1) is 36.0. The highest BCUT2D eigenvalue weighted by molar-refractivity contribution is 8.03. The number of rotatable bonds is 8. The number of hydrogen-bond acceptors (Lipinski definition) is 7. The maximum absolute atomic E-state index is 13.3. The molecule has 10 heteroatoms. The summed E-state index contributed by atoms with van der Waals surface area (Å²) in [6, 6.07) is 32.3. The molecule has 4 aromatic carbocycles. The Bertz CT molecular complexity index is 2710. The molecule has 0 saturated carbocycles. The molecule has 2 aliphatic rings. The number of anilines is 1. The molecule has 0 N–H and O–H groups in total. The van der Waals surface area contributed by atoms with Crippen molar-refractivity contribution >= 4 is 64.8 Å². The average Bonchev–Trinajstić information content (AvgIpc) is 3.71. The minimum Gasteiger partial charge on any atom is -0.262 e. The van der Waals surface area contributed by atoms with Gasteiger partial charge in [-0.25, -0.2) is 16.8 Å². The second kappa shape index (κ2) is 14.9. The third-order valence-electron chi connectivity index (χ3n) is 8.84. The van der Waals surface area contributed by atoms with Gasteiger partial charge in [0.15, 0.2) is 0 Å². The smallest absolute Gasteiger partial charge is 0.262 e. The van der Waals surface area contributed by atoms with Crippen LogP contribution >= 0.6 is 23.1 Å². The number of aromatic nitrogens is 1. The van der Waals surface area contributed by atoms with Gasteiger partial charge < -0.3 is 0 Å².